The summed E-state index contributed by atoms with van der Waals surface area (Å²) in [5.74, 6) is -1.18. The molecule has 5 nitrogen and oxygen atoms in total. The number of likely N-dealkylation sites (N-methyl/N-ethyl adjacent to an activating group) is 1. The van der Waals surface area contributed by atoms with E-state index in [1.165, 1.54) is 29.6 Å². The van der Waals surface area contributed by atoms with Gasteiger partial charge in [0, 0.05) is 29.9 Å². The third-order valence-electron chi connectivity index (χ3n) is 5.18. The minimum Gasteiger partial charge on any atom is -0.481 e. The number of β-amino-alcohol motifs (C(OH)–C–C–N with tert-alkyl or cyclic N) is 1. The zero-order valence-electron chi connectivity index (χ0n) is 19.1. The molecule has 2 rings (SSSR count). The van der Waals surface area contributed by atoms with Gasteiger partial charge in [0.05, 0.1) is 6.10 Å². The summed E-state index contributed by atoms with van der Waals surface area (Å²) in [6.07, 6.45) is 3.71. The predicted molar refractivity (Wildman–Crippen MR) is 131 cm³/mol. The Bertz CT molecular complexity index is 831. The number of carbonyl (C=O) groups is 1. The van der Waals surface area contributed by atoms with Gasteiger partial charge in [0.2, 0.25) is 0 Å². The van der Waals surface area contributed by atoms with Crippen molar-refractivity contribution in [1.82, 2.24) is 9.62 Å². The molecule has 32 heavy (non-hydrogen) atoms. The molecular formula is C24H35FN2O3S2. The third-order valence-corrected chi connectivity index (χ3v) is 6.82. The minimum atomic E-state index is -0.844. The monoisotopic (exact) mass is 482 g/mol. The molecule has 0 saturated carbocycles. The van der Waals surface area contributed by atoms with Crippen LogP contribution in [0, 0.1) is 5.82 Å². The lowest BCUT2D eigenvalue weighted by Gasteiger charge is -2.29. The number of nitrogens with one attached hydrogen (secondary N) is 1. The molecule has 0 spiro atoms. The van der Waals surface area contributed by atoms with Gasteiger partial charge in [-0.2, -0.15) is 11.3 Å². The quantitative estimate of drug-likeness (QED) is 0.311. The van der Waals surface area contributed by atoms with Gasteiger partial charge in [0.1, 0.15) is 5.82 Å². The molecule has 1 aromatic heterocycles. The van der Waals surface area contributed by atoms with E-state index in [9.17, 15) is 14.3 Å². The molecule has 1 atom stereocenters. The molecule has 0 amide bonds. The summed E-state index contributed by atoms with van der Waals surface area (Å²) >= 11 is 3.10. The largest absolute Gasteiger partial charge is 0.481 e. The van der Waals surface area contributed by atoms with Gasteiger partial charge in [-0.15, -0.1) is 0 Å². The van der Waals surface area contributed by atoms with Crippen LogP contribution < -0.4 is 5.32 Å². The average Bonchev–Trinajstić information content (AvgIpc) is 3.19. The van der Waals surface area contributed by atoms with Crippen molar-refractivity contribution in [3.63, 3.8) is 0 Å². The van der Waals surface area contributed by atoms with Crippen LogP contribution in [-0.4, -0.2) is 52.3 Å². The SMILES string of the molecule is CN(C[C@H](O)CNC(C)(C)CCCc1ccsc1)Sc1cc(F)cc(CCCC(=O)O)c1. The molecule has 0 fully saturated rings. The highest BCUT2D eigenvalue weighted by Crippen LogP contribution is 2.25. The Hall–Kier alpha value is -1.45. The molecule has 0 saturated heterocycles. The Balaban J connectivity index is 1.74. The fraction of sp³-hybridized carbons (Fsp3) is 0.542. The molecule has 8 heteroatoms. The second-order valence-corrected chi connectivity index (χ2v) is 10.9. The number of hydrogen-bond donors (Lipinski definition) is 3. The summed E-state index contributed by atoms with van der Waals surface area (Å²) < 4.78 is 15.9. The van der Waals surface area contributed by atoms with Crippen LogP contribution in [0.4, 0.5) is 4.39 Å². The minimum absolute atomic E-state index is 0.0594. The fourth-order valence-corrected chi connectivity index (χ4v) is 5.17. The van der Waals surface area contributed by atoms with Crippen LogP contribution in [-0.2, 0) is 17.6 Å². The summed E-state index contributed by atoms with van der Waals surface area (Å²) in [7, 11) is 1.87. The first-order valence-electron chi connectivity index (χ1n) is 11.0. The molecule has 1 heterocycles. The van der Waals surface area contributed by atoms with E-state index in [0.29, 0.717) is 25.9 Å². The molecule has 0 radical (unpaired) electrons. The van der Waals surface area contributed by atoms with Crippen LogP contribution in [0.3, 0.4) is 0 Å². The molecule has 0 aliphatic heterocycles. The van der Waals surface area contributed by atoms with Gasteiger partial charge < -0.3 is 15.5 Å². The number of halogens is 1. The highest BCUT2D eigenvalue weighted by atomic mass is 32.2. The van der Waals surface area contributed by atoms with E-state index in [4.69, 9.17) is 5.11 Å². The Morgan fingerprint density at radius 3 is 2.69 bits per heavy atom. The lowest BCUT2D eigenvalue weighted by Crippen LogP contribution is -2.45. The third kappa shape index (κ3) is 10.9. The van der Waals surface area contributed by atoms with Crippen LogP contribution >= 0.6 is 23.3 Å². The molecule has 0 aliphatic carbocycles. The van der Waals surface area contributed by atoms with Crippen LogP contribution in [0.1, 0.15) is 50.7 Å². The van der Waals surface area contributed by atoms with Gasteiger partial charge in [0.15, 0.2) is 0 Å². The smallest absolute Gasteiger partial charge is 0.303 e. The maximum Gasteiger partial charge on any atom is 0.303 e. The van der Waals surface area contributed by atoms with Crippen molar-refractivity contribution in [1.29, 1.82) is 0 Å². The Labute approximate surface area is 199 Å². The summed E-state index contributed by atoms with van der Waals surface area (Å²) in [6, 6.07) is 6.96. The van der Waals surface area contributed by atoms with Gasteiger partial charge in [0.25, 0.3) is 0 Å². The van der Waals surface area contributed by atoms with E-state index in [2.05, 4.69) is 36.0 Å². The number of aliphatic hydroxyl groups is 1. The number of aliphatic carboxylic acids is 1. The molecule has 1 aromatic carbocycles. The highest BCUT2D eigenvalue weighted by molar-refractivity contribution is 7.97. The molecule has 0 aliphatic rings. The van der Waals surface area contributed by atoms with E-state index < -0.39 is 12.1 Å². The van der Waals surface area contributed by atoms with Gasteiger partial charge in [-0.05, 0) is 111 Å². The van der Waals surface area contributed by atoms with Crippen LogP contribution in [0.2, 0.25) is 0 Å². The number of aryl methyl sites for hydroxylation is 2. The van der Waals surface area contributed by atoms with Crippen molar-refractivity contribution >= 4 is 29.3 Å². The molecule has 0 bridgehead atoms. The number of aliphatic hydroxyl groups excluding tert-OH is 1. The van der Waals surface area contributed by atoms with Gasteiger partial charge in [-0.3, -0.25) is 4.79 Å². The Kier molecular flexibility index (Phi) is 11.1. The number of nitrogens with zero attached hydrogens (tertiary/aromatic N) is 1. The van der Waals surface area contributed by atoms with Crippen LogP contribution in [0.15, 0.2) is 39.9 Å². The zero-order valence-corrected chi connectivity index (χ0v) is 20.8. The first-order valence-corrected chi connectivity index (χ1v) is 12.7. The van der Waals surface area contributed by atoms with Crippen LogP contribution in [0.5, 0.6) is 0 Å². The molecule has 0 unspecified atom stereocenters. The van der Waals surface area contributed by atoms with Crippen molar-refractivity contribution in [2.45, 2.75) is 68.9 Å². The van der Waals surface area contributed by atoms with E-state index in [1.807, 2.05) is 17.4 Å². The lowest BCUT2D eigenvalue weighted by molar-refractivity contribution is -0.137. The van der Waals surface area contributed by atoms with Gasteiger partial charge in [-0.1, -0.05) is 0 Å². The lowest BCUT2D eigenvalue weighted by atomic mass is 9.96. The zero-order chi connectivity index (χ0) is 23.6. The summed E-state index contributed by atoms with van der Waals surface area (Å²) in [6.45, 7) is 5.24. The standard InChI is InChI=1S/C24H35FN2O3S2/c1-24(2,10-5-7-18-9-11-31-17-18)26-15-21(28)16-27(3)32-22-13-19(12-20(25)14-22)6-4-8-23(29)30/h9,11-14,17,21,26,28H,4-8,10,15-16H2,1-3H3,(H,29,30)/t21-/m1/s1. The maximum atomic E-state index is 14.0. The van der Waals surface area contributed by atoms with E-state index in [-0.39, 0.29) is 17.8 Å². The van der Waals surface area contributed by atoms with Crippen molar-refractivity contribution in [3.05, 3.63) is 52.0 Å². The number of thiophene rings is 1. The first kappa shape index (κ1) is 26.8. The first-order chi connectivity index (χ1) is 15.1. The number of benzene rings is 1. The summed E-state index contributed by atoms with van der Waals surface area (Å²) in [5.41, 5.74) is 2.11. The number of rotatable bonds is 15. The van der Waals surface area contributed by atoms with Crippen molar-refractivity contribution in [3.8, 4) is 0 Å². The predicted octanol–water partition coefficient (Wildman–Crippen LogP) is 4.99. The van der Waals surface area contributed by atoms with E-state index in [1.54, 1.807) is 11.3 Å². The van der Waals surface area contributed by atoms with Gasteiger partial charge >= 0.3 is 5.97 Å². The normalized spacial score (nSPS) is 12.9. The van der Waals surface area contributed by atoms with Crippen molar-refractivity contribution in [2.75, 3.05) is 20.1 Å². The fourth-order valence-electron chi connectivity index (χ4n) is 3.49. The number of carboxylic acid groups (broad SMARTS) is 1. The Morgan fingerprint density at radius 2 is 2.00 bits per heavy atom. The van der Waals surface area contributed by atoms with Crippen molar-refractivity contribution < 1.29 is 19.4 Å². The molecular weight excluding hydrogens is 447 g/mol. The number of carboxylic acids is 1. The maximum absolute atomic E-state index is 14.0. The highest BCUT2D eigenvalue weighted by Gasteiger charge is 2.19. The topological polar surface area (TPSA) is 72.8 Å². The average molecular weight is 483 g/mol. The second-order valence-electron chi connectivity index (χ2n) is 8.85. The van der Waals surface area contributed by atoms with Crippen LogP contribution in [0.25, 0.3) is 0 Å². The Morgan fingerprint density at radius 1 is 1.25 bits per heavy atom. The van der Waals surface area contributed by atoms with E-state index in [0.717, 1.165) is 29.7 Å². The summed E-state index contributed by atoms with van der Waals surface area (Å²) in [4.78, 5) is 11.4. The molecule has 3 N–H and O–H groups in total. The van der Waals surface area contributed by atoms with Crippen molar-refractivity contribution in [2.24, 2.45) is 0 Å². The molecule has 2 aromatic rings. The summed E-state index contributed by atoms with van der Waals surface area (Å²) in [5, 5.41) is 27.0. The number of hydrogen-bond acceptors (Lipinski definition) is 6. The van der Waals surface area contributed by atoms with E-state index >= 15 is 0 Å². The molecule has 178 valence electrons. The van der Waals surface area contributed by atoms with Gasteiger partial charge in [-0.25, -0.2) is 8.70 Å². The second kappa shape index (κ2) is 13.3.